The molecule has 0 radical (unpaired) electrons. The molecular formula is C13H15BrN2O3. The van der Waals surface area contributed by atoms with Crippen LogP contribution in [0.3, 0.4) is 0 Å². The van der Waals surface area contributed by atoms with Crippen LogP contribution in [0.5, 0.6) is 0 Å². The first kappa shape index (κ1) is 14.0. The second kappa shape index (κ2) is 5.73. The van der Waals surface area contributed by atoms with Crippen LogP contribution in [0.2, 0.25) is 0 Å². The monoisotopic (exact) mass is 326 g/mol. The lowest BCUT2D eigenvalue weighted by molar-refractivity contribution is -0.119. The van der Waals surface area contributed by atoms with Gasteiger partial charge in [0.25, 0.3) is 0 Å². The summed E-state index contributed by atoms with van der Waals surface area (Å²) >= 11 is 3.37. The fourth-order valence-corrected chi connectivity index (χ4v) is 2.29. The smallest absolute Gasteiger partial charge is 0.216 e. The largest absolute Gasteiger partial charge is 0.388 e. The normalized spacial score (nSPS) is 14.3. The molecule has 1 aromatic heterocycles. The summed E-state index contributed by atoms with van der Waals surface area (Å²) in [5.74, 6) is -0.243. The Morgan fingerprint density at radius 3 is 2.89 bits per heavy atom. The number of H-pyrrole nitrogens is 1. The second-order valence-electron chi connectivity index (χ2n) is 4.38. The van der Waals surface area contributed by atoms with Crippen molar-refractivity contribution < 1.29 is 15.0 Å². The number of nitrogens with one attached hydrogen (secondary N) is 2. The molecule has 0 aliphatic rings. The van der Waals surface area contributed by atoms with E-state index in [0.29, 0.717) is 5.56 Å². The van der Waals surface area contributed by atoms with Crippen LogP contribution >= 0.6 is 15.9 Å². The van der Waals surface area contributed by atoms with E-state index in [0.717, 1.165) is 15.4 Å². The molecule has 0 bridgehead atoms. The van der Waals surface area contributed by atoms with Gasteiger partial charge >= 0.3 is 0 Å². The van der Waals surface area contributed by atoms with Crippen LogP contribution in [-0.4, -0.2) is 33.8 Å². The summed E-state index contributed by atoms with van der Waals surface area (Å²) in [6.45, 7) is 1.37. The number of carbonyl (C=O) groups excluding carboxylic acids is 1. The fourth-order valence-electron chi connectivity index (χ4n) is 1.93. The molecule has 6 heteroatoms. The molecule has 0 aliphatic heterocycles. The molecule has 1 aromatic carbocycles. The molecule has 1 amide bonds. The molecule has 2 aromatic rings. The number of halogens is 1. The van der Waals surface area contributed by atoms with Gasteiger partial charge in [0.15, 0.2) is 0 Å². The maximum absolute atomic E-state index is 10.8. The highest BCUT2D eigenvalue weighted by atomic mass is 79.9. The Morgan fingerprint density at radius 1 is 1.47 bits per heavy atom. The topological polar surface area (TPSA) is 85.3 Å². The summed E-state index contributed by atoms with van der Waals surface area (Å²) in [4.78, 5) is 13.8. The molecule has 0 saturated heterocycles. The van der Waals surface area contributed by atoms with Crippen LogP contribution in [0, 0.1) is 0 Å². The van der Waals surface area contributed by atoms with Gasteiger partial charge in [-0.1, -0.05) is 15.9 Å². The highest BCUT2D eigenvalue weighted by Gasteiger charge is 2.21. The van der Waals surface area contributed by atoms with Crippen molar-refractivity contribution in [3.63, 3.8) is 0 Å². The van der Waals surface area contributed by atoms with Gasteiger partial charge < -0.3 is 20.5 Å². The van der Waals surface area contributed by atoms with Gasteiger partial charge in [-0.15, -0.1) is 0 Å². The highest BCUT2D eigenvalue weighted by molar-refractivity contribution is 9.10. The van der Waals surface area contributed by atoms with Crippen LogP contribution in [0.25, 0.3) is 10.9 Å². The molecule has 2 atom stereocenters. The van der Waals surface area contributed by atoms with Gasteiger partial charge in [0.1, 0.15) is 12.2 Å². The summed E-state index contributed by atoms with van der Waals surface area (Å²) in [6.07, 6.45) is -0.449. The number of aromatic nitrogens is 1. The molecule has 2 rings (SSSR count). The minimum atomic E-state index is -1.06. The van der Waals surface area contributed by atoms with Crippen molar-refractivity contribution >= 4 is 32.7 Å². The van der Waals surface area contributed by atoms with E-state index in [2.05, 4.69) is 26.2 Å². The van der Waals surface area contributed by atoms with E-state index < -0.39 is 12.2 Å². The van der Waals surface area contributed by atoms with E-state index in [1.165, 1.54) is 6.92 Å². The fraction of sp³-hybridized carbons (Fsp3) is 0.308. The average molecular weight is 327 g/mol. The number of aliphatic hydroxyl groups excluding tert-OH is 2. The zero-order chi connectivity index (χ0) is 14.0. The third-order valence-electron chi connectivity index (χ3n) is 2.92. The summed E-state index contributed by atoms with van der Waals surface area (Å²) in [7, 11) is 0. The molecule has 0 fully saturated rings. The zero-order valence-electron chi connectivity index (χ0n) is 10.4. The average Bonchev–Trinajstić information content (AvgIpc) is 2.77. The predicted molar refractivity (Wildman–Crippen MR) is 75.6 cm³/mol. The molecule has 4 N–H and O–H groups in total. The Labute approximate surface area is 118 Å². The van der Waals surface area contributed by atoms with Crippen LogP contribution in [0.4, 0.5) is 0 Å². The summed E-state index contributed by atoms with van der Waals surface area (Å²) in [6, 6.07) is 5.65. The van der Waals surface area contributed by atoms with Gasteiger partial charge in [-0.25, -0.2) is 0 Å². The molecule has 5 nitrogen and oxygen atoms in total. The van der Waals surface area contributed by atoms with E-state index in [-0.39, 0.29) is 12.5 Å². The van der Waals surface area contributed by atoms with Crippen molar-refractivity contribution in [3.05, 3.63) is 34.4 Å². The third kappa shape index (κ3) is 3.15. The van der Waals surface area contributed by atoms with Gasteiger partial charge in [0, 0.05) is 40.6 Å². The van der Waals surface area contributed by atoms with Crippen molar-refractivity contribution in [1.29, 1.82) is 0 Å². The first-order valence-electron chi connectivity index (χ1n) is 5.86. The van der Waals surface area contributed by atoms with Gasteiger partial charge in [-0.05, 0) is 18.2 Å². The van der Waals surface area contributed by atoms with E-state index in [1.807, 2.05) is 18.2 Å². The molecule has 19 heavy (non-hydrogen) atoms. The van der Waals surface area contributed by atoms with Crippen molar-refractivity contribution in [3.8, 4) is 0 Å². The molecule has 2 unspecified atom stereocenters. The number of carbonyl (C=O) groups is 1. The lowest BCUT2D eigenvalue weighted by Gasteiger charge is -2.17. The highest BCUT2D eigenvalue weighted by Crippen LogP contribution is 2.28. The molecule has 0 spiro atoms. The van der Waals surface area contributed by atoms with Gasteiger partial charge in [-0.2, -0.15) is 0 Å². The number of amides is 1. The Hall–Kier alpha value is -1.37. The van der Waals surface area contributed by atoms with Crippen molar-refractivity contribution in [1.82, 2.24) is 10.3 Å². The maximum atomic E-state index is 10.8. The minimum Gasteiger partial charge on any atom is -0.388 e. The number of fused-ring (bicyclic) bond motifs is 1. The summed E-state index contributed by atoms with van der Waals surface area (Å²) < 4.78 is 0.893. The van der Waals surface area contributed by atoms with Crippen molar-refractivity contribution in [2.75, 3.05) is 6.54 Å². The van der Waals surface area contributed by atoms with E-state index in [9.17, 15) is 15.0 Å². The van der Waals surface area contributed by atoms with Crippen LogP contribution < -0.4 is 5.32 Å². The Bertz CT molecular complexity index is 597. The molecule has 0 aliphatic carbocycles. The summed E-state index contributed by atoms with van der Waals surface area (Å²) in [5.41, 5.74) is 1.48. The predicted octanol–water partition coefficient (Wildman–Crippen LogP) is 1.46. The Kier molecular flexibility index (Phi) is 4.24. The second-order valence-corrected chi connectivity index (χ2v) is 5.30. The Morgan fingerprint density at radius 2 is 2.21 bits per heavy atom. The van der Waals surface area contributed by atoms with Crippen LogP contribution in [-0.2, 0) is 4.79 Å². The van der Waals surface area contributed by atoms with E-state index in [1.54, 1.807) is 6.20 Å². The molecule has 1 heterocycles. The lowest BCUT2D eigenvalue weighted by Crippen LogP contribution is -2.34. The standard InChI is InChI=1S/C13H15BrN2O3/c1-7(17)15-6-12(18)13(19)10-5-16-11-3-2-8(14)4-9(10)11/h2-5,12-13,16,18-19H,6H2,1H3,(H,15,17). The number of hydrogen-bond acceptors (Lipinski definition) is 3. The first-order chi connectivity index (χ1) is 8.99. The van der Waals surface area contributed by atoms with Crippen molar-refractivity contribution in [2.24, 2.45) is 0 Å². The number of benzene rings is 1. The number of hydrogen-bond donors (Lipinski definition) is 4. The quantitative estimate of drug-likeness (QED) is 0.686. The number of aromatic amines is 1. The first-order valence-corrected chi connectivity index (χ1v) is 6.65. The van der Waals surface area contributed by atoms with Gasteiger partial charge in [0.2, 0.25) is 5.91 Å². The van der Waals surface area contributed by atoms with Crippen LogP contribution in [0.15, 0.2) is 28.9 Å². The van der Waals surface area contributed by atoms with E-state index >= 15 is 0 Å². The van der Waals surface area contributed by atoms with Gasteiger partial charge in [-0.3, -0.25) is 4.79 Å². The summed E-state index contributed by atoms with van der Waals surface area (Å²) in [5, 5.41) is 23.3. The Balaban J connectivity index is 2.23. The number of rotatable bonds is 4. The maximum Gasteiger partial charge on any atom is 0.216 e. The van der Waals surface area contributed by atoms with Crippen molar-refractivity contribution in [2.45, 2.75) is 19.1 Å². The number of aliphatic hydroxyl groups is 2. The molecule has 0 saturated carbocycles. The zero-order valence-corrected chi connectivity index (χ0v) is 11.9. The molecule has 102 valence electrons. The SMILES string of the molecule is CC(=O)NCC(O)C(O)c1c[nH]c2ccc(Br)cc12. The minimum absolute atomic E-state index is 0.0111. The molecular weight excluding hydrogens is 312 g/mol. The van der Waals surface area contributed by atoms with Crippen LogP contribution in [0.1, 0.15) is 18.6 Å². The van der Waals surface area contributed by atoms with Gasteiger partial charge in [0.05, 0.1) is 0 Å². The van der Waals surface area contributed by atoms with E-state index in [4.69, 9.17) is 0 Å². The third-order valence-corrected chi connectivity index (χ3v) is 3.41. The lowest BCUT2D eigenvalue weighted by atomic mass is 10.0.